The standard InChI is InChI=1S/C13H19N3O2/c1-3-10(2)16-13(17)6-7-15-9-12-5-4-11(8-14)18-12/h4-5,10,15H,3,6-7,9H2,1-2H3,(H,16,17). The van der Waals surface area contributed by atoms with Gasteiger partial charge in [0.1, 0.15) is 11.8 Å². The van der Waals surface area contributed by atoms with Crippen molar-refractivity contribution >= 4 is 5.91 Å². The maximum atomic E-state index is 11.5. The molecule has 5 nitrogen and oxygen atoms in total. The number of rotatable bonds is 7. The molecule has 0 aromatic carbocycles. The van der Waals surface area contributed by atoms with Crippen LogP contribution in [-0.2, 0) is 11.3 Å². The third kappa shape index (κ3) is 5.02. The summed E-state index contributed by atoms with van der Waals surface area (Å²) >= 11 is 0. The Kier molecular flexibility index (Phi) is 5.95. The van der Waals surface area contributed by atoms with Crippen LogP contribution in [0.15, 0.2) is 16.5 Å². The smallest absolute Gasteiger partial charge is 0.221 e. The first-order valence-corrected chi connectivity index (χ1v) is 6.14. The molecular weight excluding hydrogens is 230 g/mol. The van der Waals surface area contributed by atoms with Crippen LogP contribution in [0.1, 0.15) is 38.2 Å². The molecule has 2 N–H and O–H groups in total. The van der Waals surface area contributed by atoms with Gasteiger partial charge in [0.25, 0.3) is 0 Å². The molecule has 1 heterocycles. The Hall–Kier alpha value is -1.80. The summed E-state index contributed by atoms with van der Waals surface area (Å²) in [7, 11) is 0. The summed E-state index contributed by atoms with van der Waals surface area (Å²) < 4.78 is 5.20. The van der Waals surface area contributed by atoms with Crippen molar-refractivity contribution < 1.29 is 9.21 Å². The van der Waals surface area contributed by atoms with E-state index in [4.69, 9.17) is 9.68 Å². The van der Waals surface area contributed by atoms with Crippen LogP contribution in [0.5, 0.6) is 0 Å². The number of amides is 1. The van der Waals surface area contributed by atoms with Gasteiger partial charge in [-0.3, -0.25) is 4.79 Å². The molecule has 0 radical (unpaired) electrons. The van der Waals surface area contributed by atoms with Crippen molar-refractivity contribution in [2.45, 2.75) is 39.3 Å². The topological polar surface area (TPSA) is 78.1 Å². The molecule has 0 saturated carbocycles. The number of furan rings is 1. The second-order valence-corrected chi connectivity index (χ2v) is 4.18. The second kappa shape index (κ2) is 7.51. The summed E-state index contributed by atoms with van der Waals surface area (Å²) in [5.74, 6) is 1.06. The Bertz CT molecular complexity index is 420. The first-order chi connectivity index (χ1) is 8.65. The minimum absolute atomic E-state index is 0.0500. The molecule has 1 unspecified atom stereocenters. The number of hydrogen-bond acceptors (Lipinski definition) is 4. The fraction of sp³-hybridized carbons (Fsp3) is 0.538. The van der Waals surface area contributed by atoms with E-state index in [1.807, 2.05) is 19.9 Å². The molecular formula is C13H19N3O2. The largest absolute Gasteiger partial charge is 0.449 e. The van der Waals surface area contributed by atoms with Crippen molar-refractivity contribution in [3.8, 4) is 6.07 Å². The monoisotopic (exact) mass is 249 g/mol. The van der Waals surface area contributed by atoms with E-state index < -0.39 is 0 Å². The van der Waals surface area contributed by atoms with Crippen molar-refractivity contribution in [2.75, 3.05) is 6.54 Å². The summed E-state index contributed by atoms with van der Waals surface area (Å²) in [6.45, 7) is 5.13. The number of nitriles is 1. The zero-order valence-corrected chi connectivity index (χ0v) is 10.8. The Balaban J connectivity index is 2.15. The average Bonchev–Trinajstić information content (AvgIpc) is 2.82. The molecule has 0 fully saturated rings. The van der Waals surface area contributed by atoms with Crippen LogP contribution in [0.2, 0.25) is 0 Å². The van der Waals surface area contributed by atoms with Crippen molar-refractivity contribution in [2.24, 2.45) is 0 Å². The van der Waals surface area contributed by atoms with Gasteiger partial charge in [-0.25, -0.2) is 0 Å². The van der Waals surface area contributed by atoms with E-state index in [9.17, 15) is 4.79 Å². The van der Waals surface area contributed by atoms with E-state index in [1.165, 1.54) is 0 Å². The first kappa shape index (κ1) is 14.3. The molecule has 5 heteroatoms. The Morgan fingerprint density at radius 1 is 1.56 bits per heavy atom. The van der Waals surface area contributed by atoms with Crippen molar-refractivity contribution in [3.05, 3.63) is 23.7 Å². The maximum absolute atomic E-state index is 11.5. The lowest BCUT2D eigenvalue weighted by molar-refractivity contribution is -0.121. The molecule has 0 aliphatic rings. The van der Waals surface area contributed by atoms with Gasteiger partial charge in [0.2, 0.25) is 11.7 Å². The minimum atomic E-state index is 0.0500. The highest BCUT2D eigenvalue weighted by atomic mass is 16.3. The predicted octanol–water partition coefficient (Wildman–Crippen LogP) is 1.55. The van der Waals surface area contributed by atoms with Gasteiger partial charge < -0.3 is 15.1 Å². The van der Waals surface area contributed by atoms with Gasteiger partial charge in [-0.1, -0.05) is 6.92 Å². The van der Waals surface area contributed by atoms with Gasteiger partial charge in [0.05, 0.1) is 6.54 Å². The summed E-state index contributed by atoms with van der Waals surface area (Å²) in [5, 5.41) is 14.6. The van der Waals surface area contributed by atoms with Crippen LogP contribution < -0.4 is 10.6 Å². The van der Waals surface area contributed by atoms with E-state index in [0.717, 1.165) is 6.42 Å². The fourth-order valence-electron chi connectivity index (χ4n) is 1.40. The highest BCUT2D eigenvalue weighted by Gasteiger charge is 2.05. The van der Waals surface area contributed by atoms with Crippen LogP contribution >= 0.6 is 0 Å². The normalized spacial score (nSPS) is 11.8. The minimum Gasteiger partial charge on any atom is -0.449 e. The fourth-order valence-corrected chi connectivity index (χ4v) is 1.40. The van der Waals surface area contributed by atoms with Gasteiger partial charge in [-0.2, -0.15) is 5.26 Å². The Morgan fingerprint density at radius 3 is 2.94 bits per heavy atom. The number of nitrogens with one attached hydrogen (secondary N) is 2. The van der Waals surface area contributed by atoms with Gasteiger partial charge >= 0.3 is 0 Å². The van der Waals surface area contributed by atoms with E-state index in [2.05, 4.69) is 10.6 Å². The summed E-state index contributed by atoms with van der Waals surface area (Å²) in [6, 6.07) is 5.53. The van der Waals surface area contributed by atoms with E-state index in [1.54, 1.807) is 12.1 Å². The first-order valence-electron chi connectivity index (χ1n) is 6.14. The highest BCUT2D eigenvalue weighted by Crippen LogP contribution is 2.05. The van der Waals surface area contributed by atoms with Gasteiger partial charge in [0.15, 0.2) is 0 Å². The van der Waals surface area contributed by atoms with E-state index >= 15 is 0 Å². The Labute approximate surface area is 107 Å². The van der Waals surface area contributed by atoms with Crippen molar-refractivity contribution in [3.63, 3.8) is 0 Å². The third-order valence-electron chi connectivity index (χ3n) is 2.62. The highest BCUT2D eigenvalue weighted by molar-refractivity contribution is 5.76. The molecule has 98 valence electrons. The Morgan fingerprint density at radius 2 is 2.33 bits per heavy atom. The molecule has 1 rings (SSSR count). The number of carbonyl (C=O) groups is 1. The zero-order valence-electron chi connectivity index (χ0n) is 10.8. The van der Waals surface area contributed by atoms with Crippen LogP contribution in [0.3, 0.4) is 0 Å². The van der Waals surface area contributed by atoms with Crippen LogP contribution in [0.25, 0.3) is 0 Å². The lowest BCUT2D eigenvalue weighted by atomic mass is 10.2. The summed E-state index contributed by atoms with van der Waals surface area (Å²) in [4.78, 5) is 11.5. The molecule has 0 saturated heterocycles. The number of nitrogens with zero attached hydrogens (tertiary/aromatic N) is 1. The molecule has 1 atom stereocenters. The molecule has 0 spiro atoms. The lowest BCUT2D eigenvalue weighted by Crippen LogP contribution is -2.33. The molecule has 0 aliphatic carbocycles. The van der Waals surface area contributed by atoms with Crippen molar-refractivity contribution in [1.82, 2.24) is 10.6 Å². The van der Waals surface area contributed by atoms with Gasteiger partial charge in [0, 0.05) is 19.0 Å². The molecule has 1 amide bonds. The van der Waals surface area contributed by atoms with E-state index in [-0.39, 0.29) is 11.9 Å². The SMILES string of the molecule is CCC(C)NC(=O)CCNCc1ccc(C#N)o1. The number of carbonyl (C=O) groups excluding carboxylic acids is 1. The molecule has 0 bridgehead atoms. The summed E-state index contributed by atoms with van der Waals surface area (Å²) in [5.41, 5.74) is 0. The zero-order chi connectivity index (χ0) is 13.4. The molecule has 0 aliphatic heterocycles. The average molecular weight is 249 g/mol. The van der Waals surface area contributed by atoms with Crippen LogP contribution in [0, 0.1) is 11.3 Å². The quantitative estimate of drug-likeness (QED) is 0.719. The van der Waals surface area contributed by atoms with E-state index in [0.29, 0.717) is 31.0 Å². The number of hydrogen-bond donors (Lipinski definition) is 2. The molecule has 1 aromatic heterocycles. The van der Waals surface area contributed by atoms with Gasteiger partial charge in [-0.05, 0) is 25.5 Å². The third-order valence-corrected chi connectivity index (χ3v) is 2.62. The second-order valence-electron chi connectivity index (χ2n) is 4.18. The van der Waals surface area contributed by atoms with Crippen LogP contribution in [-0.4, -0.2) is 18.5 Å². The molecule has 18 heavy (non-hydrogen) atoms. The molecule has 1 aromatic rings. The summed E-state index contributed by atoms with van der Waals surface area (Å²) in [6.07, 6.45) is 1.37. The maximum Gasteiger partial charge on any atom is 0.221 e. The predicted molar refractivity (Wildman–Crippen MR) is 67.6 cm³/mol. The van der Waals surface area contributed by atoms with Crippen LogP contribution in [0.4, 0.5) is 0 Å². The lowest BCUT2D eigenvalue weighted by Gasteiger charge is -2.11. The van der Waals surface area contributed by atoms with Crippen molar-refractivity contribution in [1.29, 1.82) is 5.26 Å². The van der Waals surface area contributed by atoms with Gasteiger partial charge in [-0.15, -0.1) is 0 Å².